The third-order valence-corrected chi connectivity index (χ3v) is 7.07. The maximum atomic E-state index is 13.9. The topological polar surface area (TPSA) is 88.4 Å². The van der Waals surface area contributed by atoms with Crippen LogP contribution in [0.5, 0.6) is 17.2 Å². The molecule has 0 fully saturated rings. The SMILES string of the molecule is CCOC(=O)C1=C(C)N=c2s/c(=C/c3ccc(OCC(C)C)cc3)c(=O)n2C1c1cccc(OC)c1OCC. The number of ether oxygens (including phenoxy) is 4. The van der Waals surface area contributed by atoms with Gasteiger partial charge in [-0.15, -0.1) is 0 Å². The lowest BCUT2D eigenvalue weighted by Crippen LogP contribution is -2.40. The third-order valence-electron chi connectivity index (χ3n) is 6.09. The highest BCUT2D eigenvalue weighted by Crippen LogP contribution is 2.40. The summed E-state index contributed by atoms with van der Waals surface area (Å²) in [4.78, 5) is 32.3. The van der Waals surface area contributed by atoms with E-state index < -0.39 is 12.0 Å². The number of fused-ring (bicyclic) bond motifs is 1. The highest BCUT2D eigenvalue weighted by atomic mass is 32.1. The van der Waals surface area contributed by atoms with Crippen LogP contribution in [0.3, 0.4) is 0 Å². The van der Waals surface area contributed by atoms with Gasteiger partial charge in [0.25, 0.3) is 5.56 Å². The molecule has 0 saturated heterocycles. The Labute approximate surface area is 231 Å². The fraction of sp³-hybridized carbons (Fsp3) is 0.367. The largest absolute Gasteiger partial charge is 0.493 e. The van der Waals surface area contributed by atoms with Crippen molar-refractivity contribution in [2.75, 3.05) is 26.9 Å². The van der Waals surface area contributed by atoms with Crippen molar-refractivity contribution < 1.29 is 23.7 Å². The molecule has 0 N–H and O–H groups in total. The van der Waals surface area contributed by atoms with Gasteiger partial charge in [0.15, 0.2) is 16.3 Å². The lowest BCUT2D eigenvalue weighted by molar-refractivity contribution is -0.139. The normalized spacial score (nSPS) is 15.2. The summed E-state index contributed by atoms with van der Waals surface area (Å²) in [6, 6.07) is 12.2. The van der Waals surface area contributed by atoms with Crippen molar-refractivity contribution in [2.24, 2.45) is 10.9 Å². The molecule has 4 rings (SSSR count). The van der Waals surface area contributed by atoms with Gasteiger partial charge in [-0.25, -0.2) is 9.79 Å². The van der Waals surface area contributed by atoms with Gasteiger partial charge in [-0.2, -0.15) is 0 Å². The number of carbonyl (C=O) groups is 1. The van der Waals surface area contributed by atoms with Crippen molar-refractivity contribution in [2.45, 2.75) is 40.7 Å². The van der Waals surface area contributed by atoms with E-state index in [4.69, 9.17) is 18.9 Å². The minimum atomic E-state index is -0.800. The molecule has 0 bridgehead atoms. The molecular weight excluding hydrogens is 516 g/mol. The summed E-state index contributed by atoms with van der Waals surface area (Å²) in [6.07, 6.45) is 1.82. The van der Waals surface area contributed by atoms with Gasteiger partial charge in [-0.1, -0.05) is 49.4 Å². The average molecular weight is 551 g/mol. The van der Waals surface area contributed by atoms with Crippen LogP contribution >= 0.6 is 11.3 Å². The predicted octanol–water partition coefficient (Wildman–Crippen LogP) is 4.24. The van der Waals surface area contributed by atoms with Gasteiger partial charge in [-0.05, 0) is 56.5 Å². The molecule has 2 aromatic carbocycles. The van der Waals surface area contributed by atoms with Gasteiger partial charge in [0.1, 0.15) is 11.8 Å². The maximum Gasteiger partial charge on any atom is 0.338 e. The second-order valence-corrected chi connectivity index (χ2v) is 10.4. The molecule has 3 aromatic rings. The monoisotopic (exact) mass is 550 g/mol. The molecule has 1 unspecified atom stereocenters. The van der Waals surface area contributed by atoms with Crippen molar-refractivity contribution in [3.05, 3.63) is 84.5 Å². The molecule has 1 atom stereocenters. The van der Waals surface area contributed by atoms with Crippen LogP contribution in [0.15, 0.2) is 63.5 Å². The molecule has 0 aliphatic carbocycles. The first-order chi connectivity index (χ1) is 18.8. The van der Waals surface area contributed by atoms with Crippen LogP contribution in [0.2, 0.25) is 0 Å². The Morgan fingerprint density at radius 2 is 1.85 bits per heavy atom. The minimum absolute atomic E-state index is 0.195. The summed E-state index contributed by atoms with van der Waals surface area (Å²) in [7, 11) is 1.56. The van der Waals surface area contributed by atoms with Crippen molar-refractivity contribution in [3.8, 4) is 17.2 Å². The second-order valence-electron chi connectivity index (χ2n) is 9.39. The number of para-hydroxylation sites is 1. The Balaban J connectivity index is 1.88. The Bertz CT molecular complexity index is 1550. The van der Waals surface area contributed by atoms with Crippen molar-refractivity contribution in [1.82, 2.24) is 4.57 Å². The second kappa shape index (κ2) is 12.3. The van der Waals surface area contributed by atoms with Gasteiger partial charge in [0.2, 0.25) is 0 Å². The van der Waals surface area contributed by atoms with Crippen LogP contribution in [0.25, 0.3) is 6.08 Å². The highest BCUT2D eigenvalue weighted by molar-refractivity contribution is 7.07. The molecule has 1 aromatic heterocycles. The third kappa shape index (κ3) is 5.93. The van der Waals surface area contributed by atoms with Crippen LogP contribution < -0.4 is 29.1 Å². The lowest BCUT2D eigenvalue weighted by atomic mass is 9.94. The number of carbonyl (C=O) groups excluding carboxylic acids is 1. The Kier molecular flexibility index (Phi) is 8.91. The smallest absolute Gasteiger partial charge is 0.338 e. The first-order valence-electron chi connectivity index (χ1n) is 13.0. The lowest BCUT2D eigenvalue weighted by Gasteiger charge is -2.26. The number of allylic oxidation sites excluding steroid dienone is 1. The molecule has 2 heterocycles. The molecule has 0 saturated carbocycles. The van der Waals surface area contributed by atoms with E-state index in [0.717, 1.165) is 11.3 Å². The van der Waals surface area contributed by atoms with Gasteiger partial charge in [0, 0.05) is 5.56 Å². The highest BCUT2D eigenvalue weighted by Gasteiger charge is 2.35. The molecular formula is C30H34N2O6S. The van der Waals surface area contributed by atoms with E-state index >= 15 is 0 Å². The number of thiazole rings is 1. The van der Waals surface area contributed by atoms with Gasteiger partial charge < -0.3 is 18.9 Å². The van der Waals surface area contributed by atoms with Crippen LogP contribution in [0, 0.1) is 5.92 Å². The first-order valence-corrected chi connectivity index (χ1v) is 13.8. The molecule has 39 heavy (non-hydrogen) atoms. The summed E-state index contributed by atoms with van der Waals surface area (Å²) in [5.41, 5.74) is 1.99. The van der Waals surface area contributed by atoms with E-state index in [1.807, 2.05) is 49.4 Å². The molecule has 0 spiro atoms. The Hall–Kier alpha value is -3.85. The number of benzene rings is 2. The van der Waals surface area contributed by atoms with Crippen LogP contribution in [-0.2, 0) is 9.53 Å². The number of nitrogens with zero attached hydrogens (tertiary/aromatic N) is 2. The van der Waals surface area contributed by atoms with E-state index in [9.17, 15) is 9.59 Å². The van der Waals surface area contributed by atoms with E-state index in [2.05, 4.69) is 18.8 Å². The summed E-state index contributed by atoms with van der Waals surface area (Å²) in [6.45, 7) is 10.8. The number of methoxy groups -OCH3 is 1. The van der Waals surface area contributed by atoms with Crippen molar-refractivity contribution >= 4 is 23.4 Å². The number of rotatable bonds is 10. The molecule has 1 aliphatic heterocycles. The zero-order valence-corrected chi connectivity index (χ0v) is 24.0. The molecule has 0 radical (unpaired) electrons. The number of esters is 1. The van der Waals surface area contributed by atoms with Gasteiger partial charge in [-0.3, -0.25) is 9.36 Å². The van der Waals surface area contributed by atoms with Crippen LogP contribution in [-0.4, -0.2) is 37.5 Å². The van der Waals surface area contributed by atoms with Gasteiger partial charge in [0.05, 0.1) is 42.7 Å². The summed E-state index contributed by atoms with van der Waals surface area (Å²) >= 11 is 1.27. The van der Waals surface area contributed by atoms with Gasteiger partial charge >= 0.3 is 5.97 Å². The van der Waals surface area contributed by atoms with Crippen molar-refractivity contribution in [1.29, 1.82) is 0 Å². The number of aromatic nitrogens is 1. The first kappa shape index (κ1) is 28.2. The fourth-order valence-electron chi connectivity index (χ4n) is 4.37. The van der Waals surface area contributed by atoms with E-state index in [-0.39, 0.29) is 17.7 Å². The number of hydrogen-bond acceptors (Lipinski definition) is 8. The molecule has 1 aliphatic rings. The van der Waals surface area contributed by atoms with E-state index in [1.165, 1.54) is 11.3 Å². The molecule has 0 amide bonds. The Morgan fingerprint density at radius 1 is 1.10 bits per heavy atom. The fourth-order valence-corrected chi connectivity index (χ4v) is 5.41. The quantitative estimate of drug-likeness (QED) is 0.351. The zero-order valence-electron chi connectivity index (χ0n) is 23.1. The minimum Gasteiger partial charge on any atom is -0.493 e. The van der Waals surface area contributed by atoms with E-state index in [0.29, 0.717) is 51.2 Å². The standard InChI is InChI=1S/C30H34N2O6S/c1-7-36-27-22(10-9-11-23(27)35-6)26-25(29(34)37-8-2)19(5)31-30-32(26)28(33)24(39-30)16-20-12-14-21(15-13-20)38-17-18(3)4/h9-16,18,26H,7-8,17H2,1-6H3/b24-16+. The van der Waals surface area contributed by atoms with E-state index in [1.54, 1.807) is 31.6 Å². The molecule has 8 nitrogen and oxygen atoms in total. The van der Waals surface area contributed by atoms with Crippen LogP contribution in [0.1, 0.15) is 51.8 Å². The molecule has 9 heteroatoms. The van der Waals surface area contributed by atoms with Crippen LogP contribution in [0.4, 0.5) is 0 Å². The maximum absolute atomic E-state index is 13.9. The summed E-state index contributed by atoms with van der Waals surface area (Å²) < 4.78 is 24.8. The number of hydrogen-bond donors (Lipinski definition) is 0. The molecule has 206 valence electrons. The predicted molar refractivity (Wildman–Crippen MR) is 151 cm³/mol. The zero-order chi connectivity index (χ0) is 28.1. The summed E-state index contributed by atoms with van der Waals surface area (Å²) in [5.74, 6) is 1.65. The summed E-state index contributed by atoms with van der Waals surface area (Å²) in [5, 5.41) is 0. The van der Waals surface area contributed by atoms with Crippen molar-refractivity contribution in [3.63, 3.8) is 0 Å². The average Bonchev–Trinajstić information content (AvgIpc) is 3.22. The Morgan fingerprint density at radius 3 is 2.49 bits per heavy atom.